The van der Waals surface area contributed by atoms with Gasteiger partial charge in [-0.3, -0.25) is 0 Å². The fourth-order valence-corrected chi connectivity index (χ4v) is 1.64. The van der Waals surface area contributed by atoms with Gasteiger partial charge in [-0.2, -0.15) is 0 Å². The van der Waals surface area contributed by atoms with Gasteiger partial charge in [0.15, 0.2) is 0 Å². The average molecular weight is 158 g/mol. The van der Waals surface area contributed by atoms with Crippen LogP contribution in [0, 0.1) is 0 Å². The number of hydrogen-bond donors (Lipinski definition) is 2. The van der Waals surface area contributed by atoms with Crippen molar-refractivity contribution in [2.24, 2.45) is 0 Å². The van der Waals surface area contributed by atoms with Crippen molar-refractivity contribution < 1.29 is 10.2 Å². The summed E-state index contributed by atoms with van der Waals surface area (Å²) in [5.41, 5.74) is 0. The van der Waals surface area contributed by atoms with Gasteiger partial charge < -0.3 is 10.2 Å². The van der Waals surface area contributed by atoms with Crippen LogP contribution in [0.25, 0.3) is 0 Å². The van der Waals surface area contributed by atoms with E-state index in [2.05, 4.69) is 0 Å². The SMILES string of the molecule is OC1CCCCC(O)CCC1. The van der Waals surface area contributed by atoms with E-state index in [4.69, 9.17) is 0 Å². The second-order valence-corrected chi connectivity index (χ2v) is 3.52. The summed E-state index contributed by atoms with van der Waals surface area (Å²) in [7, 11) is 0. The molecule has 11 heavy (non-hydrogen) atoms. The van der Waals surface area contributed by atoms with Crippen molar-refractivity contribution in [2.45, 2.75) is 57.2 Å². The molecule has 0 radical (unpaired) electrons. The highest BCUT2D eigenvalue weighted by atomic mass is 16.3. The van der Waals surface area contributed by atoms with Gasteiger partial charge in [0.1, 0.15) is 0 Å². The number of aliphatic hydroxyl groups is 2. The van der Waals surface area contributed by atoms with Crippen molar-refractivity contribution >= 4 is 0 Å². The highest BCUT2D eigenvalue weighted by Gasteiger charge is 2.10. The van der Waals surface area contributed by atoms with Crippen molar-refractivity contribution in [3.05, 3.63) is 0 Å². The summed E-state index contributed by atoms with van der Waals surface area (Å²) in [6, 6.07) is 0. The van der Waals surface area contributed by atoms with Gasteiger partial charge in [-0.25, -0.2) is 0 Å². The molecule has 0 heterocycles. The van der Waals surface area contributed by atoms with Gasteiger partial charge in [0.2, 0.25) is 0 Å². The van der Waals surface area contributed by atoms with Crippen LogP contribution in [0.15, 0.2) is 0 Å². The third-order valence-electron chi connectivity index (χ3n) is 2.40. The maximum absolute atomic E-state index is 9.34. The molecule has 2 N–H and O–H groups in total. The maximum Gasteiger partial charge on any atom is 0.0540 e. The van der Waals surface area contributed by atoms with Crippen LogP contribution in [0.5, 0.6) is 0 Å². The molecule has 0 aliphatic heterocycles. The zero-order valence-electron chi connectivity index (χ0n) is 7.00. The van der Waals surface area contributed by atoms with E-state index in [1.165, 1.54) is 0 Å². The molecule has 0 spiro atoms. The van der Waals surface area contributed by atoms with Crippen LogP contribution in [-0.4, -0.2) is 22.4 Å². The Morgan fingerprint density at radius 3 is 1.45 bits per heavy atom. The van der Waals surface area contributed by atoms with Crippen LogP contribution < -0.4 is 0 Å². The molecule has 2 atom stereocenters. The predicted octanol–water partition coefficient (Wildman–Crippen LogP) is 1.45. The van der Waals surface area contributed by atoms with Gasteiger partial charge >= 0.3 is 0 Å². The van der Waals surface area contributed by atoms with Crippen LogP contribution >= 0.6 is 0 Å². The Kier molecular flexibility index (Phi) is 3.87. The summed E-state index contributed by atoms with van der Waals surface area (Å²) in [6.45, 7) is 0. The average Bonchev–Trinajstić information content (AvgIpc) is 2.04. The fraction of sp³-hybridized carbons (Fsp3) is 1.00. The van der Waals surface area contributed by atoms with Crippen molar-refractivity contribution in [3.63, 3.8) is 0 Å². The maximum atomic E-state index is 9.34. The third-order valence-corrected chi connectivity index (χ3v) is 2.40. The molecule has 2 heteroatoms. The van der Waals surface area contributed by atoms with E-state index in [0.717, 1.165) is 44.9 Å². The molecule has 0 aromatic rings. The minimum absolute atomic E-state index is 0.111. The lowest BCUT2D eigenvalue weighted by atomic mass is 10.1. The number of aliphatic hydroxyl groups excluding tert-OH is 2. The van der Waals surface area contributed by atoms with Gasteiger partial charge in [-0.15, -0.1) is 0 Å². The number of rotatable bonds is 0. The first-order chi connectivity index (χ1) is 5.29. The summed E-state index contributed by atoms with van der Waals surface area (Å²) in [5, 5.41) is 18.7. The molecule has 0 aromatic carbocycles. The van der Waals surface area contributed by atoms with Crippen molar-refractivity contribution in [3.8, 4) is 0 Å². The predicted molar refractivity (Wildman–Crippen MR) is 44.3 cm³/mol. The highest BCUT2D eigenvalue weighted by molar-refractivity contribution is 4.64. The van der Waals surface area contributed by atoms with E-state index in [-0.39, 0.29) is 12.2 Å². The molecule has 0 aromatic heterocycles. The van der Waals surface area contributed by atoms with Gasteiger partial charge in [0.05, 0.1) is 12.2 Å². The topological polar surface area (TPSA) is 40.5 Å². The Hall–Kier alpha value is -0.0800. The van der Waals surface area contributed by atoms with Gasteiger partial charge in [0.25, 0.3) is 0 Å². The second-order valence-electron chi connectivity index (χ2n) is 3.52. The summed E-state index contributed by atoms with van der Waals surface area (Å²) in [5.74, 6) is 0. The van der Waals surface area contributed by atoms with E-state index in [9.17, 15) is 10.2 Å². The van der Waals surface area contributed by atoms with Crippen molar-refractivity contribution in [2.75, 3.05) is 0 Å². The molecule has 2 unspecified atom stereocenters. The molecule has 0 bridgehead atoms. The minimum atomic E-state index is -0.111. The van der Waals surface area contributed by atoms with E-state index in [1.54, 1.807) is 0 Å². The lowest BCUT2D eigenvalue weighted by molar-refractivity contribution is 0.137. The minimum Gasteiger partial charge on any atom is -0.393 e. The standard InChI is InChI=1S/C9H18O2/c10-8-4-1-2-5-9(11)7-3-6-8/h8-11H,1-7H2. The Bertz CT molecular complexity index is 91.7. The second kappa shape index (κ2) is 4.73. The summed E-state index contributed by atoms with van der Waals surface area (Å²) < 4.78 is 0. The Morgan fingerprint density at radius 2 is 1.00 bits per heavy atom. The first-order valence-corrected chi connectivity index (χ1v) is 4.65. The van der Waals surface area contributed by atoms with Crippen LogP contribution in [0.3, 0.4) is 0 Å². The normalized spacial score (nSPS) is 35.5. The number of hydrogen-bond acceptors (Lipinski definition) is 2. The van der Waals surface area contributed by atoms with E-state index < -0.39 is 0 Å². The van der Waals surface area contributed by atoms with Crippen LogP contribution in [0.2, 0.25) is 0 Å². The quantitative estimate of drug-likeness (QED) is 0.560. The van der Waals surface area contributed by atoms with E-state index >= 15 is 0 Å². The lowest BCUT2D eigenvalue weighted by Crippen LogP contribution is -2.06. The van der Waals surface area contributed by atoms with Crippen LogP contribution in [0.4, 0.5) is 0 Å². The molecule has 0 amide bonds. The lowest BCUT2D eigenvalue weighted by Gasteiger charge is -2.07. The summed E-state index contributed by atoms with van der Waals surface area (Å²) >= 11 is 0. The molecule has 1 fully saturated rings. The Morgan fingerprint density at radius 1 is 0.636 bits per heavy atom. The summed E-state index contributed by atoms with van der Waals surface area (Å²) in [4.78, 5) is 0. The first-order valence-electron chi connectivity index (χ1n) is 4.65. The van der Waals surface area contributed by atoms with Crippen LogP contribution in [0.1, 0.15) is 44.9 Å². The highest BCUT2D eigenvalue weighted by Crippen LogP contribution is 2.16. The van der Waals surface area contributed by atoms with Crippen molar-refractivity contribution in [1.82, 2.24) is 0 Å². The molecular formula is C9H18O2. The molecular weight excluding hydrogens is 140 g/mol. The molecule has 1 rings (SSSR count). The third kappa shape index (κ3) is 3.73. The zero-order valence-corrected chi connectivity index (χ0v) is 7.00. The Labute approximate surface area is 68.2 Å². The summed E-state index contributed by atoms with van der Waals surface area (Å²) in [6.07, 6.45) is 6.48. The van der Waals surface area contributed by atoms with Gasteiger partial charge in [-0.1, -0.05) is 12.8 Å². The van der Waals surface area contributed by atoms with Gasteiger partial charge in [-0.05, 0) is 32.1 Å². The fourth-order valence-electron chi connectivity index (χ4n) is 1.64. The molecule has 1 aliphatic rings. The van der Waals surface area contributed by atoms with E-state index in [0.29, 0.717) is 0 Å². The van der Waals surface area contributed by atoms with E-state index in [1.807, 2.05) is 0 Å². The molecule has 1 saturated carbocycles. The Balaban J connectivity index is 2.24. The van der Waals surface area contributed by atoms with Crippen molar-refractivity contribution in [1.29, 1.82) is 0 Å². The largest absolute Gasteiger partial charge is 0.393 e. The molecule has 66 valence electrons. The smallest absolute Gasteiger partial charge is 0.0540 e. The van der Waals surface area contributed by atoms with Crippen LogP contribution in [-0.2, 0) is 0 Å². The zero-order chi connectivity index (χ0) is 8.10. The molecule has 1 aliphatic carbocycles. The monoisotopic (exact) mass is 158 g/mol. The van der Waals surface area contributed by atoms with Gasteiger partial charge in [0, 0.05) is 0 Å². The molecule has 2 nitrogen and oxygen atoms in total. The first kappa shape index (κ1) is 9.01. The molecule has 0 saturated heterocycles.